The van der Waals surface area contributed by atoms with Crippen LogP contribution in [0, 0.1) is 17.2 Å². The Bertz CT molecular complexity index is 428. The maximum Gasteiger partial charge on any atom is 0.223 e. The molecule has 0 heterocycles. The summed E-state index contributed by atoms with van der Waals surface area (Å²) in [5.74, 6) is 0.805. The molecule has 4 heteroatoms. The van der Waals surface area contributed by atoms with Crippen molar-refractivity contribution < 1.29 is 4.79 Å². The number of hydrogen-bond acceptors (Lipinski definition) is 3. The summed E-state index contributed by atoms with van der Waals surface area (Å²) >= 11 is 1.69. The van der Waals surface area contributed by atoms with Gasteiger partial charge in [0.25, 0.3) is 0 Å². The van der Waals surface area contributed by atoms with Gasteiger partial charge in [-0.1, -0.05) is 18.2 Å². The summed E-state index contributed by atoms with van der Waals surface area (Å²) in [6.07, 6.45) is 0.519. The Morgan fingerprint density at radius 2 is 2.11 bits per heavy atom. The average Bonchev–Trinajstić information content (AvgIpc) is 2.45. The van der Waals surface area contributed by atoms with Crippen LogP contribution in [-0.4, -0.2) is 29.6 Å². The Kier molecular flexibility index (Phi) is 7.06. The van der Waals surface area contributed by atoms with Gasteiger partial charge in [-0.15, -0.1) is 11.8 Å². The van der Waals surface area contributed by atoms with Crippen LogP contribution in [0.1, 0.15) is 20.3 Å². The molecule has 0 N–H and O–H groups in total. The Morgan fingerprint density at radius 3 is 2.68 bits per heavy atom. The van der Waals surface area contributed by atoms with E-state index in [0.29, 0.717) is 19.5 Å². The molecule has 1 amide bonds. The first kappa shape index (κ1) is 15.6. The van der Waals surface area contributed by atoms with E-state index in [1.54, 1.807) is 16.7 Å². The van der Waals surface area contributed by atoms with Gasteiger partial charge in [0.15, 0.2) is 0 Å². The van der Waals surface area contributed by atoms with Gasteiger partial charge in [0.05, 0.1) is 12.0 Å². The van der Waals surface area contributed by atoms with Gasteiger partial charge in [-0.05, 0) is 26.0 Å². The Balaban J connectivity index is 2.35. The summed E-state index contributed by atoms with van der Waals surface area (Å²) in [5.41, 5.74) is 0. The predicted octanol–water partition coefficient (Wildman–Crippen LogP) is 3.18. The normalized spacial score (nSPS) is 11.6. The second-order valence-corrected chi connectivity index (χ2v) is 5.54. The number of amides is 1. The van der Waals surface area contributed by atoms with E-state index in [0.717, 1.165) is 5.75 Å². The topological polar surface area (TPSA) is 44.1 Å². The van der Waals surface area contributed by atoms with E-state index < -0.39 is 0 Å². The molecular formula is C15H20N2OS. The average molecular weight is 276 g/mol. The quantitative estimate of drug-likeness (QED) is 0.718. The zero-order chi connectivity index (χ0) is 14.1. The van der Waals surface area contributed by atoms with Crippen molar-refractivity contribution in [2.45, 2.75) is 25.2 Å². The number of carbonyl (C=O) groups is 1. The number of hydrogen-bond donors (Lipinski definition) is 0. The van der Waals surface area contributed by atoms with E-state index in [4.69, 9.17) is 5.26 Å². The Hall–Kier alpha value is -1.47. The van der Waals surface area contributed by atoms with Gasteiger partial charge in [0, 0.05) is 30.2 Å². The van der Waals surface area contributed by atoms with Crippen molar-refractivity contribution in [2.24, 2.45) is 5.92 Å². The molecule has 0 spiro atoms. The van der Waals surface area contributed by atoms with Crippen LogP contribution in [0.3, 0.4) is 0 Å². The van der Waals surface area contributed by atoms with E-state index in [1.165, 1.54) is 4.90 Å². The third kappa shape index (κ3) is 5.80. The largest absolute Gasteiger partial charge is 0.342 e. The van der Waals surface area contributed by atoms with Gasteiger partial charge in [-0.3, -0.25) is 4.79 Å². The van der Waals surface area contributed by atoms with Gasteiger partial charge < -0.3 is 4.90 Å². The molecule has 1 atom stereocenters. The van der Waals surface area contributed by atoms with Crippen molar-refractivity contribution in [3.63, 3.8) is 0 Å². The standard InChI is InChI=1S/C15H20N2OS/c1-3-17(12-13(2)11-16)15(18)9-10-19-14-7-5-4-6-8-14/h4-8,13H,3,9-10,12H2,1-2H3. The van der Waals surface area contributed by atoms with Gasteiger partial charge in [0.2, 0.25) is 5.91 Å². The molecule has 0 saturated heterocycles. The van der Waals surface area contributed by atoms with Crippen molar-refractivity contribution in [3.05, 3.63) is 30.3 Å². The molecule has 0 bridgehead atoms. The van der Waals surface area contributed by atoms with Crippen LogP contribution in [0.4, 0.5) is 0 Å². The van der Waals surface area contributed by atoms with Crippen LogP contribution in [-0.2, 0) is 4.79 Å². The van der Waals surface area contributed by atoms with E-state index in [1.807, 2.05) is 44.2 Å². The van der Waals surface area contributed by atoms with E-state index >= 15 is 0 Å². The second kappa shape index (κ2) is 8.60. The van der Waals surface area contributed by atoms with Crippen molar-refractivity contribution >= 4 is 17.7 Å². The van der Waals surface area contributed by atoms with Crippen molar-refractivity contribution in [1.82, 2.24) is 4.90 Å². The molecule has 0 aromatic heterocycles. The maximum absolute atomic E-state index is 12.0. The van der Waals surface area contributed by atoms with Crippen LogP contribution < -0.4 is 0 Å². The highest BCUT2D eigenvalue weighted by molar-refractivity contribution is 7.99. The molecule has 0 radical (unpaired) electrons. The fraction of sp³-hybridized carbons (Fsp3) is 0.467. The third-order valence-electron chi connectivity index (χ3n) is 2.78. The van der Waals surface area contributed by atoms with E-state index in [-0.39, 0.29) is 11.8 Å². The lowest BCUT2D eigenvalue weighted by Gasteiger charge is -2.21. The number of nitriles is 1. The Morgan fingerprint density at radius 1 is 1.42 bits per heavy atom. The fourth-order valence-electron chi connectivity index (χ4n) is 1.71. The molecule has 1 unspecified atom stereocenters. The molecular weight excluding hydrogens is 256 g/mol. The van der Waals surface area contributed by atoms with Crippen molar-refractivity contribution in [2.75, 3.05) is 18.8 Å². The van der Waals surface area contributed by atoms with Gasteiger partial charge in [0.1, 0.15) is 0 Å². The first-order valence-electron chi connectivity index (χ1n) is 6.52. The molecule has 102 valence electrons. The van der Waals surface area contributed by atoms with E-state index in [9.17, 15) is 4.79 Å². The highest BCUT2D eigenvalue weighted by Crippen LogP contribution is 2.18. The lowest BCUT2D eigenvalue weighted by atomic mass is 10.2. The zero-order valence-corrected chi connectivity index (χ0v) is 12.3. The van der Waals surface area contributed by atoms with Gasteiger partial charge in [-0.25, -0.2) is 0 Å². The fourth-order valence-corrected chi connectivity index (χ4v) is 2.57. The summed E-state index contributed by atoms with van der Waals surface area (Å²) in [6, 6.07) is 12.2. The third-order valence-corrected chi connectivity index (χ3v) is 3.79. The summed E-state index contributed by atoms with van der Waals surface area (Å²) < 4.78 is 0. The molecule has 1 aromatic rings. The number of nitrogens with zero attached hydrogens (tertiary/aromatic N) is 2. The Labute approximate surface area is 119 Å². The molecule has 1 aromatic carbocycles. The van der Waals surface area contributed by atoms with Crippen LogP contribution in [0.2, 0.25) is 0 Å². The molecule has 3 nitrogen and oxygen atoms in total. The minimum atomic E-state index is -0.106. The smallest absolute Gasteiger partial charge is 0.223 e. The van der Waals surface area contributed by atoms with Crippen LogP contribution in [0.5, 0.6) is 0 Å². The molecule has 19 heavy (non-hydrogen) atoms. The number of carbonyl (C=O) groups excluding carboxylic acids is 1. The zero-order valence-electron chi connectivity index (χ0n) is 11.5. The maximum atomic E-state index is 12.0. The SMILES string of the molecule is CCN(CC(C)C#N)C(=O)CCSc1ccccc1. The predicted molar refractivity (Wildman–Crippen MR) is 78.8 cm³/mol. The second-order valence-electron chi connectivity index (χ2n) is 4.37. The minimum absolute atomic E-state index is 0.106. The number of rotatable bonds is 7. The number of benzene rings is 1. The molecule has 0 aliphatic rings. The van der Waals surface area contributed by atoms with Crippen LogP contribution in [0.25, 0.3) is 0 Å². The highest BCUT2D eigenvalue weighted by atomic mass is 32.2. The summed E-state index contributed by atoms with van der Waals surface area (Å²) in [7, 11) is 0. The first-order valence-corrected chi connectivity index (χ1v) is 7.51. The molecule has 0 aliphatic heterocycles. The molecule has 1 rings (SSSR count). The lowest BCUT2D eigenvalue weighted by Crippen LogP contribution is -2.34. The monoisotopic (exact) mass is 276 g/mol. The highest BCUT2D eigenvalue weighted by Gasteiger charge is 2.14. The van der Waals surface area contributed by atoms with Gasteiger partial charge >= 0.3 is 0 Å². The summed E-state index contributed by atoms with van der Waals surface area (Å²) in [5, 5.41) is 8.79. The van der Waals surface area contributed by atoms with Crippen LogP contribution in [0.15, 0.2) is 35.2 Å². The van der Waals surface area contributed by atoms with Gasteiger partial charge in [-0.2, -0.15) is 5.26 Å². The van der Waals surface area contributed by atoms with E-state index in [2.05, 4.69) is 6.07 Å². The number of thioether (sulfide) groups is 1. The molecule has 0 aliphatic carbocycles. The van der Waals surface area contributed by atoms with Crippen molar-refractivity contribution in [3.8, 4) is 6.07 Å². The lowest BCUT2D eigenvalue weighted by molar-refractivity contribution is -0.130. The van der Waals surface area contributed by atoms with Crippen molar-refractivity contribution in [1.29, 1.82) is 5.26 Å². The molecule has 0 saturated carbocycles. The van der Waals surface area contributed by atoms with Crippen LogP contribution >= 0.6 is 11.8 Å². The first-order chi connectivity index (χ1) is 9.17. The summed E-state index contributed by atoms with van der Waals surface area (Å²) in [4.78, 5) is 15.0. The molecule has 0 fully saturated rings. The minimum Gasteiger partial charge on any atom is -0.342 e. The summed E-state index contributed by atoms with van der Waals surface area (Å²) in [6.45, 7) is 4.99.